The van der Waals surface area contributed by atoms with E-state index in [9.17, 15) is 0 Å². The van der Waals surface area contributed by atoms with Crippen molar-refractivity contribution in [2.24, 2.45) is 0 Å². The van der Waals surface area contributed by atoms with Gasteiger partial charge in [-0.1, -0.05) is 36.2 Å². The monoisotopic (exact) mass is 245 g/mol. The van der Waals surface area contributed by atoms with E-state index in [1.54, 1.807) is 0 Å². The van der Waals surface area contributed by atoms with Crippen molar-refractivity contribution in [1.82, 2.24) is 5.32 Å². The predicted molar refractivity (Wildman–Crippen MR) is 75.6 cm³/mol. The Morgan fingerprint density at radius 3 is 2.50 bits per heavy atom. The van der Waals surface area contributed by atoms with Gasteiger partial charge < -0.3 is 10.1 Å². The second kappa shape index (κ2) is 6.05. The lowest BCUT2D eigenvalue weighted by Gasteiger charge is -2.21. The number of hydrogen-bond donors (Lipinski definition) is 1. The van der Waals surface area contributed by atoms with E-state index < -0.39 is 0 Å². The summed E-state index contributed by atoms with van der Waals surface area (Å²) >= 11 is 0. The standard InChI is InChI=1S/C16H23NO/c1-4-7-17-16(15-6-5-8-18-15)14-10-12(2)9-13(3)11-14/h6,9-11,16-17H,4-5,7-8H2,1-3H3. The van der Waals surface area contributed by atoms with Crippen molar-refractivity contribution >= 4 is 0 Å². The maximum absolute atomic E-state index is 5.74. The van der Waals surface area contributed by atoms with Gasteiger partial charge in [0, 0.05) is 6.42 Å². The number of aryl methyl sites for hydroxylation is 2. The van der Waals surface area contributed by atoms with E-state index in [1.165, 1.54) is 16.7 Å². The van der Waals surface area contributed by atoms with E-state index >= 15 is 0 Å². The van der Waals surface area contributed by atoms with Gasteiger partial charge >= 0.3 is 0 Å². The van der Waals surface area contributed by atoms with E-state index in [0.29, 0.717) is 0 Å². The van der Waals surface area contributed by atoms with Crippen LogP contribution in [0.3, 0.4) is 0 Å². The molecule has 0 radical (unpaired) electrons. The predicted octanol–water partition coefficient (Wildman–Crippen LogP) is 3.65. The fourth-order valence-corrected chi connectivity index (χ4v) is 2.49. The lowest BCUT2D eigenvalue weighted by molar-refractivity contribution is 0.215. The third kappa shape index (κ3) is 3.14. The first-order chi connectivity index (χ1) is 8.70. The van der Waals surface area contributed by atoms with Gasteiger partial charge in [0.05, 0.1) is 12.6 Å². The van der Waals surface area contributed by atoms with E-state index in [2.05, 4.69) is 50.4 Å². The minimum absolute atomic E-state index is 0.214. The van der Waals surface area contributed by atoms with Crippen molar-refractivity contribution in [2.45, 2.75) is 39.7 Å². The van der Waals surface area contributed by atoms with Crippen LogP contribution in [0.25, 0.3) is 0 Å². The normalized spacial score (nSPS) is 16.3. The molecule has 2 nitrogen and oxygen atoms in total. The highest BCUT2D eigenvalue weighted by Crippen LogP contribution is 2.27. The summed E-state index contributed by atoms with van der Waals surface area (Å²) in [5, 5.41) is 3.59. The van der Waals surface area contributed by atoms with Crippen LogP contribution in [0.5, 0.6) is 0 Å². The lowest BCUT2D eigenvalue weighted by atomic mass is 9.99. The fourth-order valence-electron chi connectivity index (χ4n) is 2.49. The summed E-state index contributed by atoms with van der Waals surface area (Å²) < 4.78 is 5.74. The molecule has 0 amide bonds. The first kappa shape index (κ1) is 13.2. The van der Waals surface area contributed by atoms with Gasteiger partial charge in [-0.05, 0) is 38.5 Å². The van der Waals surface area contributed by atoms with Gasteiger partial charge in [-0.25, -0.2) is 0 Å². The third-order valence-electron chi connectivity index (χ3n) is 3.19. The molecule has 1 aromatic carbocycles. The highest BCUT2D eigenvalue weighted by atomic mass is 16.5. The van der Waals surface area contributed by atoms with Crippen molar-refractivity contribution in [3.63, 3.8) is 0 Å². The van der Waals surface area contributed by atoms with Crippen LogP contribution in [0.4, 0.5) is 0 Å². The molecular formula is C16H23NO. The molecule has 0 saturated heterocycles. The zero-order valence-electron chi connectivity index (χ0n) is 11.6. The topological polar surface area (TPSA) is 21.3 Å². The van der Waals surface area contributed by atoms with Crippen molar-refractivity contribution in [2.75, 3.05) is 13.2 Å². The molecule has 2 heteroatoms. The summed E-state index contributed by atoms with van der Waals surface area (Å²) in [6, 6.07) is 6.93. The molecule has 1 aromatic rings. The Hall–Kier alpha value is -1.28. The fraction of sp³-hybridized carbons (Fsp3) is 0.500. The summed E-state index contributed by atoms with van der Waals surface area (Å²) in [6.45, 7) is 8.33. The quantitative estimate of drug-likeness (QED) is 0.855. The zero-order chi connectivity index (χ0) is 13.0. The van der Waals surface area contributed by atoms with Crippen LogP contribution in [0, 0.1) is 13.8 Å². The minimum Gasteiger partial charge on any atom is -0.496 e. The Bertz CT molecular complexity index is 416. The molecule has 1 heterocycles. The van der Waals surface area contributed by atoms with Crippen LogP contribution in [-0.4, -0.2) is 13.2 Å². The Balaban J connectivity index is 2.26. The molecule has 0 saturated carbocycles. The van der Waals surface area contributed by atoms with Gasteiger partial charge in [0.25, 0.3) is 0 Å². The number of benzene rings is 1. The van der Waals surface area contributed by atoms with Gasteiger partial charge in [0.1, 0.15) is 5.76 Å². The summed E-state index contributed by atoms with van der Waals surface area (Å²) in [7, 11) is 0. The number of nitrogens with one attached hydrogen (secondary N) is 1. The average molecular weight is 245 g/mol. The maximum Gasteiger partial charge on any atom is 0.114 e. The molecule has 0 aliphatic carbocycles. The van der Waals surface area contributed by atoms with Crippen LogP contribution in [0.15, 0.2) is 30.0 Å². The largest absolute Gasteiger partial charge is 0.496 e. The first-order valence-corrected chi connectivity index (χ1v) is 6.85. The first-order valence-electron chi connectivity index (χ1n) is 6.85. The SMILES string of the molecule is CCCNC(C1=CCCO1)c1cc(C)cc(C)c1. The Labute approximate surface area is 110 Å². The minimum atomic E-state index is 0.214. The Kier molecular flexibility index (Phi) is 4.43. The molecule has 0 spiro atoms. The second-order valence-corrected chi connectivity index (χ2v) is 5.05. The number of ether oxygens (including phenoxy) is 1. The third-order valence-corrected chi connectivity index (χ3v) is 3.19. The lowest BCUT2D eigenvalue weighted by Crippen LogP contribution is -2.24. The Morgan fingerprint density at radius 1 is 1.22 bits per heavy atom. The van der Waals surface area contributed by atoms with Crippen molar-refractivity contribution in [3.05, 3.63) is 46.7 Å². The summed E-state index contributed by atoms with van der Waals surface area (Å²) in [5.41, 5.74) is 3.94. The van der Waals surface area contributed by atoms with Crippen LogP contribution in [-0.2, 0) is 4.74 Å². The maximum atomic E-state index is 5.74. The van der Waals surface area contributed by atoms with Gasteiger partial charge in [0.15, 0.2) is 0 Å². The molecule has 1 N–H and O–H groups in total. The van der Waals surface area contributed by atoms with Crippen molar-refractivity contribution in [3.8, 4) is 0 Å². The summed E-state index contributed by atoms with van der Waals surface area (Å²) in [5.74, 6) is 1.09. The second-order valence-electron chi connectivity index (χ2n) is 5.05. The molecule has 1 aliphatic rings. The molecule has 98 valence electrons. The van der Waals surface area contributed by atoms with E-state index in [1.807, 2.05) is 0 Å². The van der Waals surface area contributed by atoms with Crippen LogP contribution < -0.4 is 5.32 Å². The van der Waals surface area contributed by atoms with Crippen LogP contribution >= 0.6 is 0 Å². The van der Waals surface area contributed by atoms with Gasteiger partial charge in [-0.2, -0.15) is 0 Å². The van der Waals surface area contributed by atoms with E-state index in [4.69, 9.17) is 4.74 Å². The molecule has 1 atom stereocenters. The van der Waals surface area contributed by atoms with E-state index in [0.717, 1.165) is 31.8 Å². The number of rotatable bonds is 5. The van der Waals surface area contributed by atoms with Crippen LogP contribution in [0.1, 0.15) is 42.5 Å². The van der Waals surface area contributed by atoms with Gasteiger partial charge in [-0.3, -0.25) is 0 Å². The summed E-state index contributed by atoms with van der Waals surface area (Å²) in [4.78, 5) is 0. The van der Waals surface area contributed by atoms with Crippen molar-refractivity contribution in [1.29, 1.82) is 0 Å². The molecule has 2 rings (SSSR count). The van der Waals surface area contributed by atoms with Gasteiger partial charge in [-0.15, -0.1) is 0 Å². The Morgan fingerprint density at radius 2 is 1.94 bits per heavy atom. The molecule has 18 heavy (non-hydrogen) atoms. The molecule has 0 bridgehead atoms. The number of hydrogen-bond acceptors (Lipinski definition) is 2. The molecule has 0 fully saturated rings. The van der Waals surface area contributed by atoms with Gasteiger partial charge in [0.2, 0.25) is 0 Å². The molecule has 1 aliphatic heterocycles. The molecular weight excluding hydrogens is 222 g/mol. The molecule has 1 unspecified atom stereocenters. The molecule has 0 aromatic heterocycles. The highest BCUT2D eigenvalue weighted by molar-refractivity contribution is 5.34. The summed E-state index contributed by atoms with van der Waals surface area (Å²) in [6.07, 6.45) is 4.38. The van der Waals surface area contributed by atoms with Crippen molar-refractivity contribution < 1.29 is 4.74 Å². The smallest absolute Gasteiger partial charge is 0.114 e. The highest BCUT2D eigenvalue weighted by Gasteiger charge is 2.20. The average Bonchev–Trinajstić information content (AvgIpc) is 2.82. The zero-order valence-corrected chi connectivity index (χ0v) is 11.6. The van der Waals surface area contributed by atoms with E-state index in [-0.39, 0.29) is 6.04 Å². The van der Waals surface area contributed by atoms with Crippen LogP contribution in [0.2, 0.25) is 0 Å².